The SMILES string of the molecule is CCC(CO)Nc1cc(C)nc(C(=O)OC)n1. The van der Waals surface area contributed by atoms with Gasteiger partial charge in [-0.2, -0.15) is 0 Å². The fourth-order valence-corrected chi connectivity index (χ4v) is 1.31. The van der Waals surface area contributed by atoms with Crippen LogP contribution in [0, 0.1) is 6.92 Å². The zero-order chi connectivity index (χ0) is 12.8. The number of carbonyl (C=O) groups excluding carboxylic acids is 1. The molecule has 6 heteroatoms. The molecule has 0 spiro atoms. The lowest BCUT2D eigenvalue weighted by Gasteiger charge is -2.15. The van der Waals surface area contributed by atoms with Crippen LogP contribution in [0.15, 0.2) is 6.07 Å². The third-order valence-electron chi connectivity index (χ3n) is 2.29. The Labute approximate surface area is 100 Å². The summed E-state index contributed by atoms with van der Waals surface area (Å²) in [5.41, 5.74) is 0.663. The van der Waals surface area contributed by atoms with Gasteiger partial charge in [0.2, 0.25) is 5.82 Å². The first kappa shape index (κ1) is 13.4. The summed E-state index contributed by atoms with van der Waals surface area (Å²) in [6, 6.07) is 1.62. The molecule has 0 radical (unpaired) electrons. The molecule has 0 amide bonds. The predicted octanol–water partition coefficient (Wildman–Crippen LogP) is 0.754. The number of nitrogens with zero attached hydrogens (tertiary/aromatic N) is 2. The van der Waals surface area contributed by atoms with Gasteiger partial charge in [0.1, 0.15) is 5.82 Å². The summed E-state index contributed by atoms with van der Waals surface area (Å²) >= 11 is 0. The second-order valence-corrected chi connectivity index (χ2v) is 3.64. The van der Waals surface area contributed by atoms with Gasteiger partial charge < -0.3 is 15.2 Å². The summed E-state index contributed by atoms with van der Waals surface area (Å²) in [6.07, 6.45) is 0.757. The molecule has 17 heavy (non-hydrogen) atoms. The highest BCUT2D eigenvalue weighted by Crippen LogP contribution is 2.09. The van der Waals surface area contributed by atoms with E-state index in [0.29, 0.717) is 11.5 Å². The van der Waals surface area contributed by atoms with E-state index in [2.05, 4.69) is 20.0 Å². The van der Waals surface area contributed by atoms with Crippen molar-refractivity contribution in [2.75, 3.05) is 19.0 Å². The van der Waals surface area contributed by atoms with Gasteiger partial charge in [-0.15, -0.1) is 0 Å². The van der Waals surface area contributed by atoms with Gasteiger partial charge in [0, 0.05) is 11.8 Å². The summed E-state index contributed by atoms with van der Waals surface area (Å²) in [4.78, 5) is 19.3. The molecule has 94 valence electrons. The number of aromatic nitrogens is 2. The Balaban J connectivity index is 2.93. The van der Waals surface area contributed by atoms with Crippen molar-refractivity contribution in [3.8, 4) is 0 Å². The van der Waals surface area contributed by atoms with Gasteiger partial charge >= 0.3 is 5.97 Å². The van der Waals surface area contributed by atoms with Gasteiger partial charge in [-0.1, -0.05) is 6.92 Å². The van der Waals surface area contributed by atoms with E-state index in [9.17, 15) is 4.79 Å². The number of aliphatic hydroxyl groups is 1. The third kappa shape index (κ3) is 3.67. The van der Waals surface area contributed by atoms with E-state index in [1.807, 2.05) is 6.92 Å². The van der Waals surface area contributed by atoms with Crippen molar-refractivity contribution in [3.05, 3.63) is 17.6 Å². The van der Waals surface area contributed by atoms with Crippen molar-refractivity contribution >= 4 is 11.8 Å². The van der Waals surface area contributed by atoms with E-state index in [-0.39, 0.29) is 18.5 Å². The lowest BCUT2D eigenvalue weighted by Crippen LogP contribution is -2.24. The van der Waals surface area contributed by atoms with Gasteiger partial charge in [-0.05, 0) is 13.3 Å². The Hall–Kier alpha value is -1.69. The number of aryl methyl sites for hydroxylation is 1. The average molecular weight is 239 g/mol. The first-order chi connectivity index (χ1) is 8.10. The third-order valence-corrected chi connectivity index (χ3v) is 2.29. The summed E-state index contributed by atoms with van der Waals surface area (Å²) in [7, 11) is 1.28. The molecule has 0 saturated carbocycles. The summed E-state index contributed by atoms with van der Waals surface area (Å²) in [5.74, 6) is -0.0459. The second kappa shape index (κ2) is 6.15. The van der Waals surface area contributed by atoms with E-state index in [4.69, 9.17) is 5.11 Å². The van der Waals surface area contributed by atoms with Crippen LogP contribution >= 0.6 is 0 Å². The number of nitrogens with one attached hydrogen (secondary N) is 1. The number of anilines is 1. The van der Waals surface area contributed by atoms with Crippen LogP contribution in [0.3, 0.4) is 0 Å². The molecule has 1 heterocycles. The van der Waals surface area contributed by atoms with Crippen LogP contribution in [0.2, 0.25) is 0 Å². The van der Waals surface area contributed by atoms with Gasteiger partial charge in [0.25, 0.3) is 0 Å². The minimum absolute atomic E-state index is 0.00705. The number of rotatable bonds is 5. The predicted molar refractivity (Wildman–Crippen MR) is 62.9 cm³/mol. The molecule has 6 nitrogen and oxygen atoms in total. The minimum atomic E-state index is -0.575. The monoisotopic (exact) mass is 239 g/mol. The highest BCUT2D eigenvalue weighted by molar-refractivity contribution is 5.85. The standard InChI is InChI=1S/C11H17N3O3/c1-4-8(6-15)13-9-5-7(2)12-10(14-9)11(16)17-3/h5,8,15H,4,6H2,1-3H3,(H,12,13,14). The number of esters is 1. The van der Waals surface area contributed by atoms with Crippen molar-refractivity contribution in [3.63, 3.8) is 0 Å². The van der Waals surface area contributed by atoms with Crippen LogP contribution in [0.25, 0.3) is 0 Å². The fraction of sp³-hybridized carbons (Fsp3) is 0.545. The molecular weight excluding hydrogens is 222 g/mol. The smallest absolute Gasteiger partial charge is 0.376 e. The molecule has 0 fully saturated rings. The van der Waals surface area contributed by atoms with E-state index >= 15 is 0 Å². The van der Waals surface area contributed by atoms with Gasteiger partial charge in [0.15, 0.2) is 0 Å². The van der Waals surface area contributed by atoms with Crippen molar-refractivity contribution in [2.24, 2.45) is 0 Å². The van der Waals surface area contributed by atoms with Crippen LogP contribution in [0.5, 0.6) is 0 Å². The zero-order valence-electron chi connectivity index (χ0n) is 10.2. The highest BCUT2D eigenvalue weighted by atomic mass is 16.5. The second-order valence-electron chi connectivity index (χ2n) is 3.64. The Morgan fingerprint density at radius 2 is 2.29 bits per heavy atom. The minimum Gasteiger partial charge on any atom is -0.463 e. The fourth-order valence-electron chi connectivity index (χ4n) is 1.31. The molecule has 2 N–H and O–H groups in total. The topological polar surface area (TPSA) is 84.3 Å². The van der Waals surface area contributed by atoms with E-state index in [1.54, 1.807) is 13.0 Å². The molecule has 0 aliphatic carbocycles. The number of methoxy groups -OCH3 is 1. The Morgan fingerprint density at radius 3 is 2.82 bits per heavy atom. The molecule has 1 rings (SSSR count). The number of ether oxygens (including phenoxy) is 1. The molecule has 0 aliphatic rings. The maximum Gasteiger partial charge on any atom is 0.376 e. The van der Waals surface area contributed by atoms with Crippen LogP contribution in [0.1, 0.15) is 29.7 Å². The van der Waals surface area contributed by atoms with Gasteiger partial charge in [-0.3, -0.25) is 0 Å². The normalized spacial score (nSPS) is 12.0. The first-order valence-electron chi connectivity index (χ1n) is 5.42. The van der Waals surface area contributed by atoms with E-state index < -0.39 is 5.97 Å². The quantitative estimate of drug-likeness (QED) is 0.738. The lowest BCUT2D eigenvalue weighted by molar-refractivity contribution is 0.0586. The lowest BCUT2D eigenvalue weighted by atomic mass is 10.2. The Bertz CT molecular complexity index is 392. The summed E-state index contributed by atoms with van der Waals surface area (Å²) in [5, 5.41) is 12.1. The molecule has 0 aliphatic heterocycles. The molecule has 1 aromatic heterocycles. The van der Waals surface area contributed by atoms with Crippen LogP contribution in [-0.4, -0.2) is 40.8 Å². The van der Waals surface area contributed by atoms with Gasteiger partial charge in [-0.25, -0.2) is 14.8 Å². The van der Waals surface area contributed by atoms with Gasteiger partial charge in [0.05, 0.1) is 19.8 Å². The van der Waals surface area contributed by atoms with Crippen molar-refractivity contribution in [1.29, 1.82) is 0 Å². The van der Waals surface area contributed by atoms with Crippen LogP contribution in [0.4, 0.5) is 5.82 Å². The van der Waals surface area contributed by atoms with Crippen molar-refractivity contribution < 1.29 is 14.6 Å². The maximum absolute atomic E-state index is 11.3. The molecule has 1 atom stereocenters. The molecular formula is C11H17N3O3. The number of aliphatic hydroxyl groups excluding tert-OH is 1. The number of hydrogen-bond donors (Lipinski definition) is 2. The van der Waals surface area contributed by atoms with Crippen LogP contribution in [-0.2, 0) is 4.74 Å². The summed E-state index contributed by atoms with van der Waals surface area (Å²) in [6.45, 7) is 3.72. The molecule has 0 bridgehead atoms. The largest absolute Gasteiger partial charge is 0.463 e. The summed E-state index contributed by atoms with van der Waals surface area (Å²) < 4.78 is 4.56. The van der Waals surface area contributed by atoms with E-state index in [1.165, 1.54) is 7.11 Å². The molecule has 0 saturated heterocycles. The maximum atomic E-state index is 11.3. The number of hydrogen-bond acceptors (Lipinski definition) is 6. The Morgan fingerprint density at radius 1 is 1.59 bits per heavy atom. The van der Waals surface area contributed by atoms with Crippen molar-refractivity contribution in [1.82, 2.24) is 9.97 Å². The molecule has 0 aromatic carbocycles. The highest BCUT2D eigenvalue weighted by Gasteiger charge is 2.13. The molecule has 1 aromatic rings. The zero-order valence-corrected chi connectivity index (χ0v) is 10.2. The first-order valence-corrected chi connectivity index (χ1v) is 5.42. The average Bonchev–Trinajstić information content (AvgIpc) is 2.34. The van der Waals surface area contributed by atoms with Crippen LogP contribution < -0.4 is 5.32 Å². The number of carbonyl (C=O) groups is 1. The molecule has 1 unspecified atom stereocenters. The Kier molecular flexibility index (Phi) is 4.84. The van der Waals surface area contributed by atoms with Crippen molar-refractivity contribution in [2.45, 2.75) is 26.3 Å². The van der Waals surface area contributed by atoms with E-state index in [0.717, 1.165) is 6.42 Å².